The van der Waals surface area contributed by atoms with Crippen molar-refractivity contribution >= 4 is 22.6 Å². The molecule has 0 radical (unpaired) electrons. The van der Waals surface area contributed by atoms with E-state index in [1.54, 1.807) is 0 Å². The highest BCUT2D eigenvalue weighted by Gasteiger charge is 2.29. The number of alkyl halides is 1. The molecule has 1 aromatic carbocycles. The molecule has 3 heteroatoms. The molecule has 0 saturated heterocycles. The number of rotatable bonds is 2. The third-order valence-electron chi connectivity index (χ3n) is 3.75. The summed E-state index contributed by atoms with van der Waals surface area (Å²) in [6, 6.07) is 7.08. The number of hydrogen-bond acceptors (Lipinski definition) is 1. The third kappa shape index (κ3) is 1.75. The summed E-state index contributed by atoms with van der Waals surface area (Å²) in [6.07, 6.45) is 2.51. The predicted octanol–water partition coefficient (Wildman–Crippen LogP) is 4.05. The molecule has 0 amide bonds. The average Bonchev–Trinajstić information content (AvgIpc) is 2.62. The SMILES string of the molecule is Cc1ccc2c(c1)nc(CCl)n2C1CC(C)C1. The second kappa shape index (κ2) is 4.02. The van der Waals surface area contributed by atoms with Crippen molar-refractivity contribution in [1.29, 1.82) is 0 Å². The molecular weight excluding hydrogens is 232 g/mol. The van der Waals surface area contributed by atoms with Gasteiger partial charge in [0.05, 0.1) is 16.9 Å². The van der Waals surface area contributed by atoms with Crippen LogP contribution in [0.5, 0.6) is 0 Å². The summed E-state index contributed by atoms with van der Waals surface area (Å²) < 4.78 is 2.35. The molecule has 1 aliphatic rings. The molecule has 2 nitrogen and oxygen atoms in total. The van der Waals surface area contributed by atoms with E-state index in [1.165, 1.54) is 23.9 Å². The summed E-state index contributed by atoms with van der Waals surface area (Å²) >= 11 is 6.02. The maximum atomic E-state index is 6.02. The molecule has 0 unspecified atom stereocenters. The molecule has 3 rings (SSSR count). The van der Waals surface area contributed by atoms with Gasteiger partial charge in [0.1, 0.15) is 5.82 Å². The number of fused-ring (bicyclic) bond motifs is 1. The Balaban J connectivity index is 2.13. The van der Waals surface area contributed by atoms with Crippen molar-refractivity contribution in [3.8, 4) is 0 Å². The Morgan fingerprint density at radius 1 is 1.41 bits per heavy atom. The van der Waals surface area contributed by atoms with Crippen molar-refractivity contribution in [2.75, 3.05) is 0 Å². The van der Waals surface area contributed by atoms with Gasteiger partial charge in [-0.3, -0.25) is 0 Å². The fourth-order valence-corrected chi connectivity index (χ4v) is 3.02. The topological polar surface area (TPSA) is 17.8 Å². The quantitative estimate of drug-likeness (QED) is 0.733. The molecule has 0 aliphatic heterocycles. The van der Waals surface area contributed by atoms with E-state index < -0.39 is 0 Å². The highest BCUT2D eigenvalue weighted by molar-refractivity contribution is 6.16. The number of aromatic nitrogens is 2. The Bertz CT molecular complexity index is 553. The number of aryl methyl sites for hydroxylation is 1. The number of halogens is 1. The van der Waals surface area contributed by atoms with Gasteiger partial charge in [0.15, 0.2) is 0 Å². The molecule has 17 heavy (non-hydrogen) atoms. The Morgan fingerprint density at radius 2 is 2.18 bits per heavy atom. The molecule has 2 aromatic rings. The fourth-order valence-electron chi connectivity index (χ4n) is 2.83. The van der Waals surface area contributed by atoms with Crippen LogP contribution in [0.15, 0.2) is 18.2 Å². The summed E-state index contributed by atoms with van der Waals surface area (Å²) in [6.45, 7) is 4.41. The lowest BCUT2D eigenvalue weighted by atomic mass is 9.81. The Kier molecular flexibility index (Phi) is 2.62. The van der Waals surface area contributed by atoms with Crippen LogP contribution in [0.1, 0.15) is 37.2 Å². The second-order valence-electron chi connectivity index (χ2n) is 5.25. The third-order valence-corrected chi connectivity index (χ3v) is 3.99. The van der Waals surface area contributed by atoms with Crippen LogP contribution in [0.25, 0.3) is 11.0 Å². The lowest BCUT2D eigenvalue weighted by Gasteiger charge is -2.35. The first kappa shape index (κ1) is 11.1. The average molecular weight is 249 g/mol. The Hall–Kier alpha value is -1.02. The normalized spacial score (nSPS) is 23.9. The standard InChI is InChI=1S/C14H17ClN2/c1-9-3-4-13-12(7-9)16-14(8-15)17(13)11-5-10(2)6-11/h3-4,7,10-11H,5-6,8H2,1-2H3. The van der Waals surface area contributed by atoms with Gasteiger partial charge in [-0.1, -0.05) is 13.0 Å². The Morgan fingerprint density at radius 3 is 2.82 bits per heavy atom. The zero-order valence-electron chi connectivity index (χ0n) is 10.3. The molecule has 0 bridgehead atoms. The maximum absolute atomic E-state index is 6.02. The van der Waals surface area contributed by atoms with Crippen molar-refractivity contribution in [2.45, 2.75) is 38.6 Å². The predicted molar refractivity (Wildman–Crippen MR) is 71.5 cm³/mol. The molecule has 1 aromatic heterocycles. The largest absolute Gasteiger partial charge is 0.324 e. The van der Waals surface area contributed by atoms with Crippen LogP contribution in [0.3, 0.4) is 0 Å². The van der Waals surface area contributed by atoms with Crippen LogP contribution >= 0.6 is 11.6 Å². The van der Waals surface area contributed by atoms with Crippen LogP contribution in [-0.2, 0) is 5.88 Å². The molecular formula is C14H17ClN2. The van der Waals surface area contributed by atoms with Crippen molar-refractivity contribution < 1.29 is 0 Å². The summed E-state index contributed by atoms with van der Waals surface area (Å²) in [7, 11) is 0. The number of nitrogens with zero attached hydrogens (tertiary/aromatic N) is 2. The van der Waals surface area contributed by atoms with Crippen molar-refractivity contribution in [1.82, 2.24) is 9.55 Å². The van der Waals surface area contributed by atoms with E-state index in [1.807, 2.05) is 0 Å². The molecule has 1 saturated carbocycles. The lowest BCUT2D eigenvalue weighted by molar-refractivity contribution is 0.217. The van der Waals surface area contributed by atoms with Crippen molar-refractivity contribution in [3.05, 3.63) is 29.6 Å². The first-order chi connectivity index (χ1) is 8.19. The van der Waals surface area contributed by atoms with Gasteiger partial charge < -0.3 is 4.57 Å². The minimum Gasteiger partial charge on any atom is -0.324 e. The van der Waals surface area contributed by atoms with Crippen LogP contribution in [0, 0.1) is 12.8 Å². The summed E-state index contributed by atoms with van der Waals surface area (Å²) in [5.74, 6) is 2.36. The summed E-state index contributed by atoms with van der Waals surface area (Å²) in [5, 5.41) is 0. The second-order valence-corrected chi connectivity index (χ2v) is 5.52. The van der Waals surface area contributed by atoms with E-state index >= 15 is 0 Å². The van der Waals surface area contributed by atoms with E-state index in [4.69, 9.17) is 11.6 Å². The van der Waals surface area contributed by atoms with Gasteiger partial charge in [-0.15, -0.1) is 11.6 Å². The molecule has 1 heterocycles. The van der Waals surface area contributed by atoms with Crippen LogP contribution in [0.4, 0.5) is 0 Å². The van der Waals surface area contributed by atoms with Gasteiger partial charge in [0.25, 0.3) is 0 Å². The molecule has 90 valence electrons. The Labute approximate surface area is 107 Å². The monoisotopic (exact) mass is 248 g/mol. The first-order valence-corrected chi connectivity index (χ1v) is 6.76. The van der Waals surface area contributed by atoms with E-state index in [0.717, 1.165) is 17.3 Å². The highest BCUT2D eigenvalue weighted by Crippen LogP contribution is 2.40. The van der Waals surface area contributed by atoms with Crippen LogP contribution in [-0.4, -0.2) is 9.55 Å². The van der Waals surface area contributed by atoms with Crippen LogP contribution < -0.4 is 0 Å². The zero-order chi connectivity index (χ0) is 12.0. The summed E-state index contributed by atoms with van der Waals surface area (Å²) in [5.41, 5.74) is 3.58. The number of hydrogen-bond donors (Lipinski definition) is 0. The maximum Gasteiger partial charge on any atom is 0.125 e. The number of imidazole rings is 1. The van der Waals surface area contributed by atoms with Gasteiger partial charge in [0.2, 0.25) is 0 Å². The first-order valence-electron chi connectivity index (χ1n) is 6.22. The van der Waals surface area contributed by atoms with Gasteiger partial charge >= 0.3 is 0 Å². The van der Waals surface area contributed by atoms with E-state index in [-0.39, 0.29) is 0 Å². The molecule has 0 N–H and O–H groups in total. The van der Waals surface area contributed by atoms with Gasteiger partial charge in [-0.05, 0) is 43.4 Å². The molecule has 0 atom stereocenters. The van der Waals surface area contributed by atoms with Crippen molar-refractivity contribution in [3.63, 3.8) is 0 Å². The lowest BCUT2D eigenvalue weighted by Crippen LogP contribution is -2.25. The minimum absolute atomic E-state index is 0.499. The van der Waals surface area contributed by atoms with Crippen LogP contribution in [0.2, 0.25) is 0 Å². The molecule has 1 aliphatic carbocycles. The zero-order valence-corrected chi connectivity index (χ0v) is 11.0. The van der Waals surface area contributed by atoms with Gasteiger partial charge in [-0.2, -0.15) is 0 Å². The van der Waals surface area contributed by atoms with Gasteiger partial charge in [-0.25, -0.2) is 4.98 Å². The van der Waals surface area contributed by atoms with E-state index in [0.29, 0.717) is 11.9 Å². The van der Waals surface area contributed by atoms with E-state index in [2.05, 4.69) is 41.6 Å². The van der Waals surface area contributed by atoms with Gasteiger partial charge in [0, 0.05) is 6.04 Å². The smallest absolute Gasteiger partial charge is 0.125 e. The molecule has 0 spiro atoms. The molecule has 1 fully saturated rings. The van der Waals surface area contributed by atoms with Crippen molar-refractivity contribution in [2.24, 2.45) is 5.92 Å². The number of benzene rings is 1. The minimum atomic E-state index is 0.499. The fraction of sp³-hybridized carbons (Fsp3) is 0.500. The summed E-state index contributed by atoms with van der Waals surface area (Å²) in [4.78, 5) is 4.65. The highest BCUT2D eigenvalue weighted by atomic mass is 35.5. The van der Waals surface area contributed by atoms with E-state index in [9.17, 15) is 0 Å².